The predicted octanol–water partition coefficient (Wildman–Crippen LogP) is 2.92. The van der Waals surface area contributed by atoms with Gasteiger partial charge in [0.15, 0.2) is 4.90 Å². The SMILES string of the molecule is O=S(=O)(c1c(F)cccc1F)N1CCCN(Cc2cccs2)CC1. The third-order valence-corrected chi connectivity index (χ3v) is 6.84. The summed E-state index contributed by atoms with van der Waals surface area (Å²) in [5.74, 6) is -2.09. The van der Waals surface area contributed by atoms with E-state index in [1.54, 1.807) is 11.3 Å². The van der Waals surface area contributed by atoms with Crippen LogP contribution in [0.2, 0.25) is 0 Å². The zero-order chi connectivity index (χ0) is 17.2. The van der Waals surface area contributed by atoms with Gasteiger partial charge in [0.25, 0.3) is 0 Å². The summed E-state index contributed by atoms with van der Waals surface area (Å²) in [6, 6.07) is 7.12. The molecule has 1 aliphatic rings. The number of nitrogens with zero attached hydrogens (tertiary/aromatic N) is 2. The molecule has 0 radical (unpaired) electrons. The van der Waals surface area contributed by atoms with Crippen LogP contribution in [0.3, 0.4) is 0 Å². The van der Waals surface area contributed by atoms with Gasteiger partial charge in [-0.15, -0.1) is 11.3 Å². The van der Waals surface area contributed by atoms with Crippen molar-refractivity contribution in [2.45, 2.75) is 17.9 Å². The molecule has 1 saturated heterocycles. The molecule has 0 saturated carbocycles. The lowest BCUT2D eigenvalue weighted by Gasteiger charge is -2.21. The van der Waals surface area contributed by atoms with E-state index >= 15 is 0 Å². The van der Waals surface area contributed by atoms with E-state index in [1.807, 2.05) is 17.5 Å². The molecule has 1 aromatic heterocycles. The van der Waals surface area contributed by atoms with Gasteiger partial charge >= 0.3 is 0 Å². The first-order valence-corrected chi connectivity index (χ1v) is 9.99. The lowest BCUT2D eigenvalue weighted by molar-refractivity contribution is 0.281. The molecule has 130 valence electrons. The van der Waals surface area contributed by atoms with Gasteiger partial charge < -0.3 is 0 Å². The molecule has 3 rings (SSSR count). The van der Waals surface area contributed by atoms with E-state index in [-0.39, 0.29) is 13.1 Å². The lowest BCUT2D eigenvalue weighted by Crippen LogP contribution is -2.36. The van der Waals surface area contributed by atoms with Gasteiger partial charge in [0.2, 0.25) is 10.0 Å². The van der Waals surface area contributed by atoms with Crippen LogP contribution in [0.5, 0.6) is 0 Å². The molecule has 0 amide bonds. The van der Waals surface area contributed by atoms with Gasteiger partial charge in [0, 0.05) is 31.1 Å². The summed E-state index contributed by atoms with van der Waals surface area (Å²) >= 11 is 1.66. The van der Waals surface area contributed by atoms with Gasteiger partial charge in [-0.2, -0.15) is 4.31 Å². The Morgan fingerprint density at radius 3 is 2.42 bits per heavy atom. The van der Waals surface area contributed by atoms with Crippen LogP contribution in [-0.2, 0) is 16.6 Å². The molecular weight excluding hydrogens is 354 g/mol. The summed E-state index contributed by atoms with van der Waals surface area (Å²) in [5, 5.41) is 2.00. The molecule has 1 aromatic carbocycles. The Morgan fingerprint density at radius 2 is 1.75 bits per heavy atom. The van der Waals surface area contributed by atoms with Crippen LogP contribution in [0.4, 0.5) is 8.78 Å². The van der Waals surface area contributed by atoms with E-state index in [4.69, 9.17) is 0 Å². The van der Waals surface area contributed by atoms with E-state index < -0.39 is 26.6 Å². The highest BCUT2D eigenvalue weighted by molar-refractivity contribution is 7.89. The summed E-state index contributed by atoms with van der Waals surface area (Å²) in [6.07, 6.45) is 0.626. The van der Waals surface area contributed by atoms with Crippen molar-refractivity contribution in [3.05, 3.63) is 52.2 Å². The van der Waals surface area contributed by atoms with Gasteiger partial charge in [0.1, 0.15) is 11.6 Å². The zero-order valence-corrected chi connectivity index (χ0v) is 14.6. The second-order valence-corrected chi connectivity index (χ2v) is 8.57. The largest absolute Gasteiger partial charge is 0.297 e. The summed E-state index contributed by atoms with van der Waals surface area (Å²) in [5.41, 5.74) is 0. The monoisotopic (exact) mass is 372 g/mol. The minimum atomic E-state index is -4.17. The first-order chi connectivity index (χ1) is 11.5. The number of rotatable bonds is 4. The molecule has 4 nitrogen and oxygen atoms in total. The van der Waals surface area contributed by atoms with Gasteiger partial charge in [-0.05, 0) is 36.5 Å². The van der Waals surface area contributed by atoms with Gasteiger partial charge in [-0.25, -0.2) is 17.2 Å². The average molecular weight is 372 g/mol. The molecule has 24 heavy (non-hydrogen) atoms. The van der Waals surface area contributed by atoms with Crippen molar-refractivity contribution >= 4 is 21.4 Å². The molecule has 0 spiro atoms. The Morgan fingerprint density at radius 1 is 1.00 bits per heavy atom. The average Bonchev–Trinajstić information content (AvgIpc) is 2.90. The highest BCUT2D eigenvalue weighted by Crippen LogP contribution is 2.24. The first-order valence-electron chi connectivity index (χ1n) is 7.67. The fourth-order valence-corrected chi connectivity index (χ4v) is 5.15. The number of hydrogen-bond donors (Lipinski definition) is 0. The summed E-state index contributed by atoms with van der Waals surface area (Å²) in [6.45, 7) is 2.54. The van der Waals surface area contributed by atoms with E-state index in [0.717, 1.165) is 31.3 Å². The number of hydrogen-bond acceptors (Lipinski definition) is 4. The van der Waals surface area contributed by atoms with E-state index in [0.29, 0.717) is 13.0 Å². The summed E-state index contributed by atoms with van der Waals surface area (Å²) in [4.78, 5) is 2.53. The Bertz CT molecular complexity index is 774. The van der Waals surface area contributed by atoms with E-state index in [2.05, 4.69) is 4.90 Å². The number of sulfonamides is 1. The van der Waals surface area contributed by atoms with Crippen LogP contribution < -0.4 is 0 Å². The van der Waals surface area contributed by atoms with Crippen LogP contribution >= 0.6 is 11.3 Å². The molecule has 0 unspecified atom stereocenters. The fourth-order valence-electron chi connectivity index (χ4n) is 2.83. The smallest absolute Gasteiger partial charge is 0.248 e. The third-order valence-electron chi connectivity index (χ3n) is 4.02. The molecular formula is C16H18F2N2O2S2. The normalized spacial score (nSPS) is 17.8. The molecule has 0 bridgehead atoms. The molecule has 2 aromatic rings. The molecule has 0 aliphatic carbocycles. The Kier molecular flexibility index (Phi) is 5.29. The van der Waals surface area contributed by atoms with Gasteiger partial charge in [-0.3, -0.25) is 4.90 Å². The van der Waals surface area contributed by atoms with Crippen LogP contribution in [0.25, 0.3) is 0 Å². The van der Waals surface area contributed by atoms with Crippen molar-refractivity contribution in [1.29, 1.82) is 0 Å². The fraction of sp³-hybridized carbons (Fsp3) is 0.375. The van der Waals surface area contributed by atoms with Crippen molar-refractivity contribution in [2.24, 2.45) is 0 Å². The van der Waals surface area contributed by atoms with Crippen molar-refractivity contribution in [3.8, 4) is 0 Å². The quantitative estimate of drug-likeness (QED) is 0.829. The van der Waals surface area contributed by atoms with Crippen molar-refractivity contribution in [2.75, 3.05) is 26.2 Å². The van der Waals surface area contributed by atoms with Gasteiger partial charge in [0.05, 0.1) is 0 Å². The Balaban J connectivity index is 1.75. The molecule has 2 heterocycles. The molecule has 1 aliphatic heterocycles. The van der Waals surface area contributed by atoms with E-state index in [9.17, 15) is 17.2 Å². The van der Waals surface area contributed by atoms with Crippen molar-refractivity contribution in [1.82, 2.24) is 9.21 Å². The third kappa shape index (κ3) is 3.66. The zero-order valence-electron chi connectivity index (χ0n) is 13.0. The second-order valence-electron chi connectivity index (χ2n) is 5.66. The Hall–Kier alpha value is -1.35. The maximum absolute atomic E-state index is 13.9. The van der Waals surface area contributed by atoms with Crippen molar-refractivity contribution in [3.63, 3.8) is 0 Å². The Labute approximate surface area is 144 Å². The highest BCUT2D eigenvalue weighted by Gasteiger charge is 2.31. The minimum Gasteiger partial charge on any atom is -0.297 e. The van der Waals surface area contributed by atoms with E-state index in [1.165, 1.54) is 9.18 Å². The van der Waals surface area contributed by atoms with Crippen LogP contribution in [0, 0.1) is 11.6 Å². The topological polar surface area (TPSA) is 40.6 Å². The second kappa shape index (κ2) is 7.26. The molecule has 8 heteroatoms. The molecule has 1 fully saturated rings. The van der Waals surface area contributed by atoms with Crippen LogP contribution in [-0.4, -0.2) is 43.8 Å². The van der Waals surface area contributed by atoms with Crippen LogP contribution in [0.15, 0.2) is 40.6 Å². The highest BCUT2D eigenvalue weighted by atomic mass is 32.2. The van der Waals surface area contributed by atoms with Crippen LogP contribution in [0.1, 0.15) is 11.3 Å². The number of benzene rings is 1. The molecule has 0 N–H and O–H groups in total. The maximum atomic E-state index is 13.9. The van der Waals surface area contributed by atoms with Crippen molar-refractivity contribution < 1.29 is 17.2 Å². The summed E-state index contributed by atoms with van der Waals surface area (Å²) in [7, 11) is -4.17. The molecule has 0 atom stereocenters. The lowest BCUT2D eigenvalue weighted by atomic mass is 10.3. The minimum absolute atomic E-state index is 0.224. The standard InChI is InChI=1S/C16H18F2N2O2S2/c17-14-5-1-6-15(18)16(14)24(21,22)20-8-3-7-19(9-10-20)12-13-4-2-11-23-13/h1-2,4-6,11H,3,7-10,12H2. The number of thiophene rings is 1. The first kappa shape index (κ1) is 17.5. The summed E-state index contributed by atoms with van der Waals surface area (Å²) < 4.78 is 54.2. The maximum Gasteiger partial charge on any atom is 0.248 e. The number of halogens is 2. The van der Waals surface area contributed by atoms with Gasteiger partial charge in [-0.1, -0.05) is 12.1 Å². The predicted molar refractivity (Wildman–Crippen MR) is 89.3 cm³/mol.